The van der Waals surface area contributed by atoms with Crippen molar-refractivity contribution in [1.29, 1.82) is 0 Å². The Balaban J connectivity index is 2.14. The molecule has 4 heteroatoms. The lowest BCUT2D eigenvalue weighted by Gasteiger charge is -2.40. The summed E-state index contributed by atoms with van der Waals surface area (Å²) >= 11 is 0. The Morgan fingerprint density at radius 1 is 1.03 bits per heavy atom. The average molecular weight is 493 g/mol. The van der Waals surface area contributed by atoms with Gasteiger partial charge in [-0.15, -0.1) is 0 Å². The molecule has 0 bridgehead atoms. The Hall–Kier alpha value is -2.33. The third-order valence-electron chi connectivity index (χ3n) is 7.11. The van der Waals surface area contributed by atoms with E-state index >= 15 is 0 Å². The van der Waals surface area contributed by atoms with Gasteiger partial charge in [-0.05, 0) is 79.4 Å². The summed E-state index contributed by atoms with van der Waals surface area (Å²) in [5, 5.41) is 0. The average Bonchev–Trinajstić information content (AvgIpc) is 2.78. The second-order valence-corrected chi connectivity index (χ2v) is 13.9. The fraction of sp³-hybridized carbons (Fsp3) is 0.516. The Labute approximate surface area is 214 Å². The maximum Gasteiger partial charge on any atom is 0.338 e. The maximum absolute atomic E-state index is 12.0. The lowest BCUT2D eigenvalue weighted by molar-refractivity contribution is 0.0526. The molecule has 0 radical (unpaired) electrons. The highest BCUT2D eigenvalue weighted by Gasteiger charge is 2.37. The topological polar surface area (TPSA) is 35.5 Å². The first-order valence-electron chi connectivity index (χ1n) is 13.3. The van der Waals surface area contributed by atoms with Crippen molar-refractivity contribution >= 4 is 26.7 Å². The molecular formula is C31H44O3Si. The molecular weight excluding hydrogens is 448 g/mol. The summed E-state index contributed by atoms with van der Waals surface area (Å²) in [6, 6.07) is 12.3. The molecule has 0 saturated heterocycles. The fourth-order valence-corrected chi connectivity index (χ4v) is 6.03. The molecule has 3 nitrogen and oxygen atoms in total. The van der Waals surface area contributed by atoms with E-state index < -0.39 is 9.04 Å². The minimum atomic E-state index is -1.34. The summed E-state index contributed by atoms with van der Waals surface area (Å²) in [5.41, 5.74) is 7.06. The second kappa shape index (κ2) is 11.2. The van der Waals surface area contributed by atoms with Crippen LogP contribution in [0.15, 0.2) is 36.4 Å². The third-order valence-corrected chi connectivity index (χ3v) is 7.82. The van der Waals surface area contributed by atoms with Gasteiger partial charge < -0.3 is 9.16 Å². The number of carbonyl (C=O) groups is 1. The molecule has 0 aromatic heterocycles. The Morgan fingerprint density at radius 3 is 2.20 bits per heavy atom. The van der Waals surface area contributed by atoms with E-state index in [4.69, 9.17) is 9.16 Å². The normalized spacial score (nSPS) is 16.3. The van der Waals surface area contributed by atoms with Crippen molar-refractivity contribution in [3.05, 3.63) is 64.2 Å². The number of carbonyl (C=O) groups excluding carboxylic acids is 1. The van der Waals surface area contributed by atoms with Gasteiger partial charge in [0, 0.05) is 11.1 Å². The molecule has 0 unspecified atom stereocenters. The van der Waals surface area contributed by atoms with Crippen LogP contribution >= 0.6 is 0 Å². The number of allylic oxidation sites excluding steroid dienone is 1. The number of ether oxygens (including phenoxy) is 1. The Bertz CT molecular complexity index is 1050. The van der Waals surface area contributed by atoms with Crippen LogP contribution in [0.25, 0.3) is 11.6 Å². The van der Waals surface area contributed by atoms with E-state index in [0.717, 1.165) is 11.3 Å². The van der Waals surface area contributed by atoms with Gasteiger partial charge in [0.15, 0.2) is 0 Å². The molecule has 0 N–H and O–H groups in total. The summed E-state index contributed by atoms with van der Waals surface area (Å²) in [7, 11) is -1.34. The molecule has 35 heavy (non-hydrogen) atoms. The SMILES string of the molecule is CCOC(=O)c1ccc(C=C(C)c2ccc(C(C)(C)C)c(C3(C)CCCCC3)c2O[SiH](C)C)cc1. The van der Waals surface area contributed by atoms with Crippen molar-refractivity contribution in [2.75, 3.05) is 6.61 Å². The third kappa shape index (κ3) is 6.46. The summed E-state index contributed by atoms with van der Waals surface area (Å²) in [6.45, 7) is 18.3. The summed E-state index contributed by atoms with van der Waals surface area (Å²) in [4.78, 5) is 12.0. The van der Waals surface area contributed by atoms with Gasteiger partial charge in [-0.2, -0.15) is 0 Å². The number of benzene rings is 2. The molecule has 1 fully saturated rings. The van der Waals surface area contributed by atoms with Gasteiger partial charge in [0.05, 0.1) is 12.2 Å². The minimum Gasteiger partial charge on any atom is -0.546 e. The summed E-state index contributed by atoms with van der Waals surface area (Å²) in [5.74, 6) is 0.834. The van der Waals surface area contributed by atoms with Crippen LogP contribution in [0.4, 0.5) is 0 Å². The molecule has 0 heterocycles. The summed E-state index contributed by atoms with van der Waals surface area (Å²) in [6.07, 6.45) is 8.52. The van der Waals surface area contributed by atoms with Gasteiger partial charge in [0.2, 0.25) is 9.04 Å². The lowest BCUT2D eigenvalue weighted by atomic mass is 9.65. The number of hydrogen-bond acceptors (Lipinski definition) is 3. The Kier molecular flexibility index (Phi) is 8.69. The molecule has 0 amide bonds. The Morgan fingerprint density at radius 2 is 1.66 bits per heavy atom. The molecule has 1 saturated carbocycles. The molecule has 190 valence electrons. The van der Waals surface area contributed by atoms with E-state index in [1.807, 2.05) is 31.2 Å². The maximum atomic E-state index is 12.0. The van der Waals surface area contributed by atoms with E-state index in [1.165, 1.54) is 54.4 Å². The zero-order chi connectivity index (χ0) is 25.8. The van der Waals surface area contributed by atoms with Crippen molar-refractivity contribution < 1.29 is 14.0 Å². The van der Waals surface area contributed by atoms with Gasteiger partial charge in [-0.3, -0.25) is 0 Å². The molecule has 1 aliphatic carbocycles. The lowest BCUT2D eigenvalue weighted by Crippen LogP contribution is -2.31. The quantitative estimate of drug-likeness (QED) is 0.221. The zero-order valence-electron chi connectivity index (χ0n) is 23.1. The highest BCUT2D eigenvalue weighted by molar-refractivity contribution is 6.49. The fourth-order valence-electron chi connectivity index (χ4n) is 5.32. The van der Waals surface area contributed by atoms with Crippen LogP contribution in [-0.2, 0) is 15.6 Å². The van der Waals surface area contributed by atoms with Gasteiger partial charge in [-0.25, -0.2) is 4.79 Å². The molecule has 2 aromatic rings. The van der Waals surface area contributed by atoms with E-state index in [9.17, 15) is 4.79 Å². The van der Waals surface area contributed by atoms with E-state index in [0.29, 0.717) is 12.2 Å². The van der Waals surface area contributed by atoms with Crippen LogP contribution < -0.4 is 4.43 Å². The first-order chi connectivity index (χ1) is 16.5. The van der Waals surface area contributed by atoms with E-state index in [2.05, 4.69) is 65.9 Å². The number of hydrogen-bond donors (Lipinski definition) is 0. The van der Waals surface area contributed by atoms with Crippen LogP contribution in [0.2, 0.25) is 13.1 Å². The van der Waals surface area contributed by atoms with Crippen molar-refractivity contribution in [2.24, 2.45) is 0 Å². The van der Waals surface area contributed by atoms with Crippen LogP contribution in [0.1, 0.15) is 106 Å². The van der Waals surface area contributed by atoms with Gasteiger partial charge in [0.1, 0.15) is 5.75 Å². The first-order valence-corrected chi connectivity index (χ1v) is 16.0. The van der Waals surface area contributed by atoms with Crippen molar-refractivity contribution in [2.45, 2.75) is 97.6 Å². The second-order valence-electron chi connectivity index (χ2n) is 11.6. The van der Waals surface area contributed by atoms with Crippen molar-refractivity contribution in [1.82, 2.24) is 0 Å². The predicted octanol–water partition coefficient (Wildman–Crippen LogP) is 8.31. The molecule has 0 spiro atoms. The van der Waals surface area contributed by atoms with E-state index in [1.54, 1.807) is 0 Å². The van der Waals surface area contributed by atoms with Crippen molar-refractivity contribution in [3.8, 4) is 5.75 Å². The standard InChI is InChI=1S/C31H44O3Si/c1-9-33-29(32)24-15-13-23(14-16-24)21-22(2)25-17-18-26(30(3,4)5)27(28(25)34-35(7)8)31(6)19-11-10-12-20-31/h13-18,21,35H,9-12,19-20H2,1-8H3. The van der Waals surface area contributed by atoms with Gasteiger partial charge >= 0.3 is 5.97 Å². The highest BCUT2D eigenvalue weighted by Crippen LogP contribution is 2.49. The predicted molar refractivity (Wildman–Crippen MR) is 151 cm³/mol. The molecule has 0 aliphatic heterocycles. The van der Waals surface area contributed by atoms with Gasteiger partial charge in [-0.1, -0.05) is 77.3 Å². The smallest absolute Gasteiger partial charge is 0.338 e. The molecule has 1 aliphatic rings. The number of esters is 1. The largest absolute Gasteiger partial charge is 0.546 e. The molecule has 3 rings (SSSR count). The zero-order valence-corrected chi connectivity index (χ0v) is 24.2. The minimum absolute atomic E-state index is 0.0471. The summed E-state index contributed by atoms with van der Waals surface area (Å²) < 4.78 is 11.9. The van der Waals surface area contributed by atoms with Gasteiger partial charge in [0.25, 0.3) is 0 Å². The van der Waals surface area contributed by atoms with Crippen LogP contribution in [-0.4, -0.2) is 21.6 Å². The van der Waals surface area contributed by atoms with Crippen LogP contribution in [0, 0.1) is 0 Å². The van der Waals surface area contributed by atoms with Crippen LogP contribution in [0.3, 0.4) is 0 Å². The molecule has 0 atom stereocenters. The molecule has 2 aromatic carbocycles. The van der Waals surface area contributed by atoms with Crippen LogP contribution in [0.5, 0.6) is 5.75 Å². The van der Waals surface area contributed by atoms with Crippen molar-refractivity contribution in [3.63, 3.8) is 0 Å². The number of rotatable bonds is 7. The highest BCUT2D eigenvalue weighted by atomic mass is 28.3. The monoisotopic (exact) mass is 492 g/mol. The van der Waals surface area contributed by atoms with E-state index in [-0.39, 0.29) is 16.8 Å². The first kappa shape index (κ1) is 27.3.